The van der Waals surface area contributed by atoms with Gasteiger partial charge in [0.05, 0.1) is 0 Å². The molecule has 0 bridgehead atoms. The Labute approximate surface area is 284 Å². The van der Waals surface area contributed by atoms with E-state index in [9.17, 15) is 0 Å². The molecule has 0 heteroatoms. The average Bonchev–Trinajstić information content (AvgIpc) is 2.29. The molecule has 0 aliphatic carbocycles. The van der Waals surface area contributed by atoms with Crippen LogP contribution in [-0.4, -0.2) is 0 Å². The lowest BCUT2D eigenvalue weighted by atomic mass is 10.0. The van der Waals surface area contributed by atoms with E-state index in [4.69, 9.17) is 0 Å². The Morgan fingerprint density at radius 1 is 0.163 bits per heavy atom. The maximum absolute atomic E-state index is 2.19. The van der Waals surface area contributed by atoms with Crippen molar-refractivity contribution < 1.29 is 0 Å². The first-order valence-electron chi connectivity index (χ1n) is 17.5. The van der Waals surface area contributed by atoms with Crippen LogP contribution in [0.2, 0.25) is 0 Å². The van der Waals surface area contributed by atoms with E-state index in [0.29, 0.717) is 37.9 Å². The SMILES string of the molecule is CC(C)(C)C.CC(C)(C)C.CC(C)(C)C.CC(C)(C)C.CC(C)(C)C.CC(C)(C)C.CC(C)(C)C.CC(C)C.CC(C)C. The van der Waals surface area contributed by atoms with Gasteiger partial charge in [0.1, 0.15) is 0 Å². The van der Waals surface area contributed by atoms with E-state index in [2.05, 4.69) is 235 Å². The highest BCUT2D eigenvalue weighted by molar-refractivity contribution is 4.50. The lowest BCUT2D eigenvalue weighted by molar-refractivity contribution is 0.469. The summed E-state index contributed by atoms with van der Waals surface area (Å²) >= 11 is 0. The minimum Gasteiger partial charge on any atom is -0.0630 e. The molecular formula is C43H104. The molecule has 276 valence electrons. The standard InChI is InChI=1S/7C5H12.2C4H10/c7*1-5(2,3)4;2*1-4(2)3/h7*1-4H3;2*4H,1-3H3. The minimum atomic E-state index is 0.500. The predicted molar refractivity (Wildman–Crippen MR) is 217 cm³/mol. The van der Waals surface area contributed by atoms with E-state index in [-0.39, 0.29) is 0 Å². The van der Waals surface area contributed by atoms with Gasteiger partial charge in [-0.15, -0.1) is 0 Å². The van der Waals surface area contributed by atoms with Crippen LogP contribution in [0.1, 0.15) is 235 Å². The first-order valence-corrected chi connectivity index (χ1v) is 17.5. The topological polar surface area (TPSA) is 0 Å². The summed E-state index contributed by atoms with van der Waals surface area (Å²) in [7, 11) is 0. The van der Waals surface area contributed by atoms with Crippen molar-refractivity contribution >= 4 is 0 Å². The maximum Gasteiger partial charge on any atom is -0.0411 e. The molecule has 0 amide bonds. The smallest absolute Gasteiger partial charge is 0.0411 e. The third-order valence-electron chi connectivity index (χ3n) is 0. The molecule has 0 fully saturated rings. The number of rotatable bonds is 0. The maximum atomic E-state index is 2.19. The van der Waals surface area contributed by atoms with E-state index < -0.39 is 0 Å². The molecule has 0 aromatic carbocycles. The molecular weight excluding hydrogens is 516 g/mol. The highest BCUT2D eigenvalue weighted by Crippen LogP contribution is 2.10. The van der Waals surface area contributed by atoms with Gasteiger partial charge in [0.2, 0.25) is 0 Å². The highest BCUT2D eigenvalue weighted by atomic mass is 14.0. The van der Waals surface area contributed by atoms with E-state index in [1.807, 2.05) is 0 Å². The molecule has 43 heavy (non-hydrogen) atoms. The van der Waals surface area contributed by atoms with Gasteiger partial charge in [-0.2, -0.15) is 0 Å². The van der Waals surface area contributed by atoms with E-state index in [0.717, 1.165) is 11.8 Å². The van der Waals surface area contributed by atoms with Crippen molar-refractivity contribution in [2.45, 2.75) is 235 Å². The van der Waals surface area contributed by atoms with Crippen molar-refractivity contribution in [3.63, 3.8) is 0 Å². The minimum absolute atomic E-state index is 0.500. The fraction of sp³-hybridized carbons (Fsp3) is 1.00. The summed E-state index contributed by atoms with van der Waals surface area (Å²) < 4.78 is 0. The predicted octanol–water partition coefficient (Wildman–Crippen LogP) is 17.7. The van der Waals surface area contributed by atoms with E-state index >= 15 is 0 Å². The first kappa shape index (κ1) is 65.6. The van der Waals surface area contributed by atoms with Crippen LogP contribution < -0.4 is 0 Å². The van der Waals surface area contributed by atoms with Gasteiger partial charge >= 0.3 is 0 Å². The molecule has 0 atom stereocenters. The molecule has 0 aromatic rings. The highest BCUT2D eigenvalue weighted by Gasteiger charge is 1.98. The summed E-state index contributed by atoms with van der Waals surface area (Å²) in [5.74, 6) is 1.67. The lowest BCUT2D eigenvalue weighted by Gasteiger charge is -2.05. The van der Waals surface area contributed by atoms with Gasteiger partial charge in [-0.05, 0) is 49.7 Å². The van der Waals surface area contributed by atoms with E-state index in [1.165, 1.54) is 0 Å². The molecule has 0 saturated carbocycles. The molecule has 0 rings (SSSR count). The summed E-state index contributed by atoms with van der Waals surface area (Å²) in [6.45, 7) is 74.3. The molecule has 0 aliphatic rings. The molecule has 0 nitrogen and oxygen atoms in total. The summed E-state index contributed by atoms with van der Waals surface area (Å²) in [5, 5.41) is 0. The van der Waals surface area contributed by atoms with Gasteiger partial charge in [0, 0.05) is 0 Å². The zero-order valence-corrected chi connectivity index (χ0v) is 38.7. The zero-order chi connectivity index (χ0) is 38.7. The fourth-order valence-electron chi connectivity index (χ4n) is 0. The van der Waals surface area contributed by atoms with E-state index in [1.54, 1.807) is 0 Å². The molecule has 0 saturated heterocycles. The first-order chi connectivity index (χ1) is 17.5. The summed E-state index contributed by atoms with van der Waals surface area (Å²) in [6, 6.07) is 0. The third kappa shape index (κ3) is 0. The quantitative estimate of drug-likeness (QED) is 0.253. The zero-order valence-electron chi connectivity index (χ0n) is 38.7. The van der Waals surface area contributed by atoms with Crippen LogP contribution >= 0.6 is 0 Å². The molecule has 0 aliphatic heterocycles. The van der Waals surface area contributed by atoms with Crippen LogP contribution in [0, 0.1) is 49.7 Å². The molecule has 0 N–H and O–H groups in total. The van der Waals surface area contributed by atoms with Crippen LogP contribution in [0.3, 0.4) is 0 Å². The van der Waals surface area contributed by atoms with Crippen molar-refractivity contribution in [2.24, 2.45) is 49.7 Å². The molecule has 0 heterocycles. The lowest BCUT2D eigenvalue weighted by Crippen LogP contribution is -1.93. The molecule has 0 spiro atoms. The van der Waals surface area contributed by atoms with Gasteiger partial charge in [-0.25, -0.2) is 0 Å². The normalized spacial score (nSPS) is 11.4. The Kier molecular flexibility index (Phi) is 46.8. The van der Waals surface area contributed by atoms with Crippen LogP contribution in [0.15, 0.2) is 0 Å². The van der Waals surface area contributed by atoms with Crippen LogP contribution in [-0.2, 0) is 0 Å². The monoisotopic (exact) mass is 621 g/mol. The van der Waals surface area contributed by atoms with Crippen LogP contribution in [0.5, 0.6) is 0 Å². The van der Waals surface area contributed by atoms with Crippen LogP contribution in [0.4, 0.5) is 0 Å². The second kappa shape index (κ2) is 30.6. The Hall–Kier alpha value is 0. The summed E-state index contributed by atoms with van der Waals surface area (Å²) in [4.78, 5) is 0. The molecule has 0 unspecified atom stereocenters. The van der Waals surface area contributed by atoms with Crippen molar-refractivity contribution in [1.29, 1.82) is 0 Å². The van der Waals surface area contributed by atoms with Crippen molar-refractivity contribution in [3.8, 4) is 0 Å². The van der Waals surface area contributed by atoms with Crippen molar-refractivity contribution in [3.05, 3.63) is 0 Å². The van der Waals surface area contributed by atoms with Gasteiger partial charge in [-0.3, -0.25) is 0 Å². The van der Waals surface area contributed by atoms with Crippen molar-refractivity contribution in [2.75, 3.05) is 0 Å². The Balaban J connectivity index is -0.0000000433. The second-order valence-corrected chi connectivity index (χ2v) is 24.5. The Bertz CT molecular complexity index is 294. The fourth-order valence-corrected chi connectivity index (χ4v) is 0. The van der Waals surface area contributed by atoms with Gasteiger partial charge in [0.15, 0.2) is 0 Å². The van der Waals surface area contributed by atoms with Gasteiger partial charge in [0.25, 0.3) is 0 Å². The third-order valence-corrected chi connectivity index (χ3v) is 0. The molecule has 0 aromatic heterocycles. The number of hydrogen-bond acceptors (Lipinski definition) is 0. The second-order valence-electron chi connectivity index (χ2n) is 24.5. The number of hydrogen-bond donors (Lipinski definition) is 0. The Morgan fingerprint density at radius 2 is 0.163 bits per heavy atom. The van der Waals surface area contributed by atoms with Crippen LogP contribution in [0.25, 0.3) is 0 Å². The van der Waals surface area contributed by atoms with Gasteiger partial charge in [-0.1, -0.05) is 235 Å². The van der Waals surface area contributed by atoms with Gasteiger partial charge < -0.3 is 0 Å². The summed E-state index contributed by atoms with van der Waals surface area (Å²) in [6.07, 6.45) is 0. The Morgan fingerprint density at radius 3 is 0.163 bits per heavy atom. The van der Waals surface area contributed by atoms with Crippen molar-refractivity contribution in [1.82, 2.24) is 0 Å². The largest absolute Gasteiger partial charge is 0.0630 e. The average molecular weight is 621 g/mol. The summed E-state index contributed by atoms with van der Waals surface area (Å²) in [5.41, 5.74) is 3.50. The molecule has 0 radical (unpaired) electrons.